The summed E-state index contributed by atoms with van der Waals surface area (Å²) in [5.41, 5.74) is 0. The predicted octanol–water partition coefficient (Wildman–Crippen LogP) is 1.57. The highest BCUT2D eigenvalue weighted by Crippen LogP contribution is 2.10. The van der Waals surface area contributed by atoms with E-state index < -0.39 is 6.10 Å². The Morgan fingerprint density at radius 2 is 1.57 bits per heavy atom. The maximum Gasteiger partial charge on any atom is 0.0774 e. The van der Waals surface area contributed by atoms with Crippen LogP contribution in [-0.2, 0) is 4.74 Å². The monoisotopic (exact) mass is 204 g/mol. The fraction of sp³-hybridized carbons (Fsp3) is 1.00. The minimum absolute atomic E-state index is 0.152. The average molecular weight is 204 g/mol. The van der Waals surface area contributed by atoms with Crippen molar-refractivity contribution in [3.63, 3.8) is 0 Å². The highest BCUT2D eigenvalue weighted by Gasteiger charge is 2.12. The first-order chi connectivity index (χ1) is 6.43. The van der Waals surface area contributed by atoms with Crippen LogP contribution >= 0.6 is 0 Å². The molecule has 0 heterocycles. The lowest BCUT2D eigenvalue weighted by Gasteiger charge is -2.17. The van der Waals surface area contributed by atoms with E-state index in [9.17, 15) is 10.2 Å². The Kier molecular flexibility index (Phi) is 7.15. The molecule has 0 amide bonds. The maximum absolute atomic E-state index is 9.50. The molecule has 0 saturated carbocycles. The summed E-state index contributed by atoms with van der Waals surface area (Å²) < 4.78 is 5.26. The van der Waals surface area contributed by atoms with Gasteiger partial charge in [0.15, 0.2) is 0 Å². The Bertz CT molecular complexity index is 134. The molecule has 0 aliphatic carbocycles. The third-order valence-electron chi connectivity index (χ3n) is 2.19. The third-order valence-corrected chi connectivity index (χ3v) is 2.19. The highest BCUT2D eigenvalue weighted by atomic mass is 16.5. The molecule has 0 radical (unpaired) electrons. The zero-order valence-electron chi connectivity index (χ0n) is 9.73. The van der Waals surface area contributed by atoms with Crippen LogP contribution in [0, 0.1) is 5.92 Å². The molecule has 3 nitrogen and oxygen atoms in total. The minimum atomic E-state index is -0.453. The fourth-order valence-electron chi connectivity index (χ4n) is 1.08. The van der Waals surface area contributed by atoms with Crippen LogP contribution in [0.4, 0.5) is 0 Å². The van der Waals surface area contributed by atoms with Crippen LogP contribution < -0.4 is 0 Å². The van der Waals surface area contributed by atoms with Crippen LogP contribution in [0.25, 0.3) is 0 Å². The Morgan fingerprint density at radius 1 is 1.00 bits per heavy atom. The van der Waals surface area contributed by atoms with Crippen LogP contribution in [-0.4, -0.2) is 35.1 Å². The molecule has 0 bridgehead atoms. The average Bonchev–Trinajstić information content (AvgIpc) is 2.10. The Hall–Kier alpha value is -0.120. The molecule has 2 unspecified atom stereocenters. The van der Waals surface area contributed by atoms with E-state index in [4.69, 9.17) is 4.74 Å². The van der Waals surface area contributed by atoms with Gasteiger partial charge in [-0.05, 0) is 32.6 Å². The molecule has 0 spiro atoms. The third kappa shape index (κ3) is 7.30. The molecule has 0 aromatic carbocycles. The van der Waals surface area contributed by atoms with Crippen molar-refractivity contribution in [3.8, 4) is 0 Å². The standard InChI is InChI=1S/C11H24O3/c1-8(2)11(13)6-5-10(12)7-14-9(3)4/h8-13H,5-7H2,1-4H3. The number of aliphatic hydroxyl groups is 2. The number of rotatable bonds is 7. The van der Waals surface area contributed by atoms with Gasteiger partial charge in [-0.15, -0.1) is 0 Å². The zero-order chi connectivity index (χ0) is 11.1. The molecular formula is C11H24O3. The minimum Gasteiger partial charge on any atom is -0.393 e. The van der Waals surface area contributed by atoms with E-state index >= 15 is 0 Å². The van der Waals surface area contributed by atoms with Gasteiger partial charge in [0.25, 0.3) is 0 Å². The predicted molar refractivity (Wildman–Crippen MR) is 57.2 cm³/mol. The first kappa shape index (κ1) is 13.9. The molecule has 0 aromatic rings. The summed E-state index contributed by atoms with van der Waals surface area (Å²) in [5.74, 6) is 0.258. The summed E-state index contributed by atoms with van der Waals surface area (Å²) in [4.78, 5) is 0. The van der Waals surface area contributed by atoms with E-state index in [0.29, 0.717) is 19.4 Å². The highest BCUT2D eigenvalue weighted by molar-refractivity contribution is 4.63. The van der Waals surface area contributed by atoms with E-state index in [1.54, 1.807) is 0 Å². The van der Waals surface area contributed by atoms with E-state index in [-0.39, 0.29) is 18.1 Å². The van der Waals surface area contributed by atoms with E-state index in [2.05, 4.69) is 0 Å². The summed E-state index contributed by atoms with van der Waals surface area (Å²) >= 11 is 0. The van der Waals surface area contributed by atoms with Crippen LogP contribution in [0.1, 0.15) is 40.5 Å². The topological polar surface area (TPSA) is 49.7 Å². The van der Waals surface area contributed by atoms with Gasteiger partial charge in [0.05, 0.1) is 24.9 Å². The lowest BCUT2D eigenvalue weighted by molar-refractivity contribution is -0.00529. The van der Waals surface area contributed by atoms with Gasteiger partial charge in [-0.1, -0.05) is 13.8 Å². The van der Waals surface area contributed by atoms with Crippen molar-refractivity contribution in [3.05, 3.63) is 0 Å². The van der Waals surface area contributed by atoms with Crippen molar-refractivity contribution >= 4 is 0 Å². The molecule has 0 rings (SSSR count). The second kappa shape index (κ2) is 7.21. The van der Waals surface area contributed by atoms with E-state index in [0.717, 1.165) is 0 Å². The van der Waals surface area contributed by atoms with Crippen molar-refractivity contribution in [2.24, 2.45) is 5.92 Å². The van der Waals surface area contributed by atoms with Gasteiger partial charge in [0.1, 0.15) is 0 Å². The van der Waals surface area contributed by atoms with Gasteiger partial charge in [-0.3, -0.25) is 0 Å². The number of ether oxygens (including phenoxy) is 1. The van der Waals surface area contributed by atoms with Gasteiger partial charge >= 0.3 is 0 Å². The molecule has 0 aliphatic heterocycles. The van der Waals surface area contributed by atoms with Gasteiger partial charge in [0.2, 0.25) is 0 Å². The second-order valence-electron chi connectivity index (χ2n) is 4.42. The molecule has 14 heavy (non-hydrogen) atoms. The van der Waals surface area contributed by atoms with E-state index in [1.165, 1.54) is 0 Å². The summed E-state index contributed by atoms with van der Waals surface area (Å²) in [7, 11) is 0. The number of hydrogen-bond donors (Lipinski definition) is 2. The van der Waals surface area contributed by atoms with Crippen LogP contribution in [0.5, 0.6) is 0 Å². The van der Waals surface area contributed by atoms with Crippen molar-refractivity contribution in [1.82, 2.24) is 0 Å². The van der Waals surface area contributed by atoms with Crippen molar-refractivity contribution in [1.29, 1.82) is 0 Å². The van der Waals surface area contributed by atoms with Crippen LogP contribution in [0.15, 0.2) is 0 Å². The van der Waals surface area contributed by atoms with Gasteiger partial charge in [0, 0.05) is 0 Å². The zero-order valence-corrected chi connectivity index (χ0v) is 9.73. The summed E-state index contributed by atoms with van der Waals surface area (Å²) in [6.45, 7) is 8.19. The van der Waals surface area contributed by atoms with Gasteiger partial charge < -0.3 is 14.9 Å². The second-order valence-corrected chi connectivity index (χ2v) is 4.42. The van der Waals surface area contributed by atoms with Crippen LogP contribution in [0.3, 0.4) is 0 Å². The van der Waals surface area contributed by atoms with Crippen molar-refractivity contribution in [2.75, 3.05) is 6.61 Å². The largest absolute Gasteiger partial charge is 0.393 e. The van der Waals surface area contributed by atoms with Crippen LogP contribution in [0.2, 0.25) is 0 Å². The molecule has 2 atom stereocenters. The Balaban J connectivity index is 3.48. The number of aliphatic hydroxyl groups excluding tert-OH is 2. The van der Waals surface area contributed by atoms with Crippen molar-refractivity contribution in [2.45, 2.75) is 58.8 Å². The molecular weight excluding hydrogens is 180 g/mol. The maximum atomic E-state index is 9.50. The Labute approximate surface area is 87.1 Å². The molecule has 3 heteroatoms. The first-order valence-corrected chi connectivity index (χ1v) is 5.41. The molecule has 86 valence electrons. The normalized spacial score (nSPS) is 16.3. The SMILES string of the molecule is CC(C)OCC(O)CCC(O)C(C)C. The smallest absolute Gasteiger partial charge is 0.0774 e. The first-order valence-electron chi connectivity index (χ1n) is 5.41. The van der Waals surface area contributed by atoms with E-state index in [1.807, 2.05) is 27.7 Å². The lowest BCUT2D eigenvalue weighted by Crippen LogP contribution is -2.22. The molecule has 0 aromatic heterocycles. The van der Waals surface area contributed by atoms with Gasteiger partial charge in [-0.25, -0.2) is 0 Å². The lowest BCUT2D eigenvalue weighted by atomic mass is 10.0. The van der Waals surface area contributed by atoms with Gasteiger partial charge in [-0.2, -0.15) is 0 Å². The molecule has 0 fully saturated rings. The number of hydrogen-bond acceptors (Lipinski definition) is 3. The fourth-order valence-corrected chi connectivity index (χ4v) is 1.08. The molecule has 2 N–H and O–H groups in total. The summed E-state index contributed by atoms with van der Waals surface area (Å²) in [5, 5.41) is 19.0. The summed E-state index contributed by atoms with van der Waals surface area (Å²) in [6, 6.07) is 0. The molecule has 0 saturated heterocycles. The Morgan fingerprint density at radius 3 is 2.00 bits per heavy atom. The van der Waals surface area contributed by atoms with Crippen molar-refractivity contribution < 1.29 is 14.9 Å². The summed E-state index contributed by atoms with van der Waals surface area (Å²) in [6.07, 6.45) is 0.626. The quantitative estimate of drug-likeness (QED) is 0.662. The molecule has 0 aliphatic rings.